The van der Waals surface area contributed by atoms with Gasteiger partial charge >= 0.3 is 6.09 Å². The van der Waals surface area contributed by atoms with Gasteiger partial charge in [0.05, 0.1) is 24.0 Å². The molecule has 1 aliphatic heterocycles. The van der Waals surface area contributed by atoms with Crippen molar-refractivity contribution in [2.24, 2.45) is 5.73 Å². The van der Waals surface area contributed by atoms with Crippen LogP contribution < -0.4 is 5.73 Å². The van der Waals surface area contributed by atoms with Gasteiger partial charge in [0.15, 0.2) is 0 Å². The summed E-state index contributed by atoms with van der Waals surface area (Å²) in [5, 5.41) is 0. The van der Waals surface area contributed by atoms with E-state index in [0.717, 1.165) is 4.90 Å². The third kappa shape index (κ3) is 2.51. The highest BCUT2D eigenvalue weighted by Crippen LogP contribution is 2.23. The van der Waals surface area contributed by atoms with Crippen LogP contribution in [0.15, 0.2) is 36.2 Å². The van der Waals surface area contributed by atoms with Crippen molar-refractivity contribution < 1.29 is 23.5 Å². The molecule has 1 heterocycles. The van der Waals surface area contributed by atoms with E-state index in [1.54, 1.807) is 12.1 Å². The van der Waals surface area contributed by atoms with Crippen LogP contribution in [0.25, 0.3) is 0 Å². The summed E-state index contributed by atoms with van der Waals surface area (Å²) in [6, 6.07) is 6.31. The maximum absolute atomic E-state index is 12.7. The molecule has 0 aromatic heterocycles. The van der Waals surface area contributed by atoms with Crippen molar-refractivity contribution in [3.8, 4) is 0 Å². The second-order valence-corrected chi connectivity index (χ2v) is 4.12. The molecule has 7 heteroatoms. The first-order valence-electron chi connectivity index (χ1n) is 5.70. The summed E-state index contributed by atoms with van der Waals surface area (Å²) < 4.78 is 17.1. The molecule has 0 saturated carbocycles. The molecule has 0 atom stereocenters. The summed E-state index contributed by atoms with van der Waals surface area (Å²) in [5.41, 5.74) is 5.27. The van der Waals surface area contributed by atoms with Crippen LogP contribution in [0.5, 0.6) is 0 Å². The van der Waals surface area contributed by atoms with Crippen LogP contribution in [0, 0.1) is 0 Å². The quantitative estimate of drug-likeness (QED) is 0.839. The summed E-state index contributed by atoms with van der Waals surface area (Å²) >= 11 is 0. The number of rotatable bonds is 4. The van der Waals surface area contributed by atoms with E-state index in [-0.39, 0.29) is 29.6 Å². The van der Waals surface area contributed by atoms with E-state index >= 15 is 0 Å². The van der Waals surface area contributed by atoms with Crippen molar-refractivity contribution in [2.45, 2.75) is 0 Å². The standard InChI is InChI=1S/C13H11FN2O4/c14-5-8(7-20-13(15)19)6-16-11(17)9-3-1-2-4-10(9)12(16)18/h1-5H,6-7H2,(H2,15,19)/b8-5-. The summed E-state index contributed by atoms with van der Waals surface area (Å²) in [6.45, 7) is -0.713. The van der Waals surface area contributed by atoms with Crippen LogP contribution in [-0.4, -0.2) is 36.0 Å². The number of hydrogen-bond donors (Lipinski definition) is 1. The fourth-order valence-electron chi connectivity index (χ4n) is 1.86. The number of carbonyl (C=O) groups excluding carboxylic acids is 3. The minimum absolute atomic E-state index is 0.0432. The Balaban J connectivity index is 2.14. The van der Waals surface area contributed by atoms with Crippen molar-refractivity contribution in [3.63, 3.8) is 0 Å². The highest BCUT2D eigenvalue weighted by molar-refractivity contribution is 6.21. The maximum atomic E-state index is 12.7. The molecule has 1 aromatic rings. The highest BCUT2D eigenvalue weighted by Gasteiger charge is 2.35. The third-order valence-electron chi connectivity index (χ3n) is 2.79. The van der Waals surface area contributed by atoms with Crippen molar-refractivity contribution in [1.29, 1.82) is 0 Å². The van der Waals surface area contributed by atoms with Crippen molar-refractivity contribution >= 4 is 17.9 Å². The molecular weight excluding hydrogens is 267 g/mol. The van der Waals surface area contributed by atoms with Gasteiger partial charge in [0.2, 0.25) is 0 Å². The zero-order valence-electron chi connectivity index (χ0n) is 10.3. The number of hydrogen-bond acceptors (Lipinski definition) is 4. The van der Waals surface area contributed by atoms with Crippen molar-refractivity contribution in [1.82, 2.24) is 4.90 Å². The molecule has 0 aliphatic carbocycles. The molecule has 0 unspecified atom stereocenters. The van der Waals surface area contributed by atoms with Gasteiger partial charge in [-0.2, -0.15) is 0 Å². The van der Waals surface area contributed by atoms with E-state index in [1.165, 1.54) is 12.1 Å². The lowest BCUT2D eigenvalue weighted by Gasteiger charge is -2.15. The average molecular weight is 278 g/mol. The van der Waals surface area contributed by atoms with Crippen LogP contribution in [0.4, 0.5) is 9.18 Å². The topological polar surface area (TPSA) is 89.7 Å². The van der Waals surface area contributed by atoms with Gasteiger partial charge in [-0.1, -0.05) is 12.1 Å². The largest absolute Gasteiger partial charge is 0.445 e. The number of imide groups is 1. The number of halogens is 1. The molecule has 104 valence electrons. The molecule has 3 amide bonds. The number of amides is 3. The molecular formula is C13H11FN2O4. The number of benzene rings is 1. The Hall–Kier alpha value is -2.70. The minimum Gasteiger partial charge on any atom is -0.445 e. The summed E-state index contributed by atoms with van der Waals surface area (Å²) in [4.78, 5) is 35.4. The van der Waals surface area contributed by atoms with Gasteiger partial charge in [-0.05, 0) is 12.1 Å². The van der Waals surface area contributed by atoms with Gasteiger partial charge in [-0.25, -0.2) is 9.18 Å². The van der Waals surface area contributed by atoms with Gasteiger partial charge in [-0.15, -0.1) is 0 Å². The van der Waals surface area contributed by atoms with Gasteiger partial charge in [0, 0.05) is 5.57 Å². The molecule has 0 saturated heterocycles. The monoisotopic (exact) mass is 278 g/mol. The van der Waals surface area contributed by atoms with Gasteiger partial charge in [0.25, 0.3) is 11.8 Å². The smallest absolute Gasteiger partial charge is 0.404 e. The SMILES string of the molecule is NC(=O)OC/C(=C\F)CN1C(=O)c2ccccc2C1=O. The van der Waals surface area contributed by atoms with Crippen LogP contribution in [0.1, 0.15) is 20.7 Å². The van der Waals surface area contributed by atoms with Crippen LogP contribution >= 0.6 is 0 Å². The van der Waals surface area contributed by atoms with E-state index in [2.05, 4.69) is 4.74 Å². The van der Waals surface area contributed by atoms with Gasteiger partial charge in [0.1, 0.15) is 6.61 Å². The fraction of sp³-hybridized carbons (Fsp3) is 0.154. The highest BCUT2D eigenvalue weighted by atomic mass is 19.1. The number of primary amides is 1. The van der Waals surface area contributed by atoms with Crippen LogP contribution in [0.2, 0.25) is 0 Å². The lowest BCUT2D eigenvalue weighted by Crippen LogP contribution is -2.33. The lowest BCUT2D eigenvalue weighted by atomic mass is 10.1. The Bertz CT molecular complexity index is 577. The van der Waals surface area contributed by atoms with Gasteiger partial charge in [-0.3, -0.25) is 14.5 Å². The Morgan fingerprint density at radius 1 is 1.25 bits per heavy atom. The normalized spacial score (nSPS) is 14.4. The molecule has 0 radical (unpaired) electrons. The van der Waals surface area contributed by atoms with E-state index in [1.807, 2.05) is 0 Å². The van der Waals surface area contributed by atoms with Crippen molar-refractivity contribution in [2.75, 3.05) is 13.2 Å². The number of nitrogens with two attached hydrogens (primary N) is 1. The zero-order chi connectivity index (χ0) is 14.7. The predicted molar refractivity (Wildman–Crippen MR) is 66.5 cm³/mol. The molecule has 2 N–H and O–H groups in total. The summed E-state index contributed by atoms with van der Waals surface area (Å²) in [6.07, 6.45) is -0.876. The molecule has 0 fully saturated rings. The Kier molecular flexibility index (Phi) is 3.79. The Morgan fingerprint density at radius 3 is 2.25 bits per heavy atom. The van der Waals surface area contributed by atoms with Crippen LogP contribution in [0.3, 0.4) is 0 Å². The third-order valence-corrected chi connectivity index (χ3v) is 2.79. The molecule has 1 aromatic carbocycles. The van der Waals surface area contributed by atoms with Crippen molar-refractivity contribution in [3.05, 3.63) is 47.3 Å². The second-order valence-electron chi connectivity index (χ2n) is 4.12. The molecule has 0 bridgehead atoms. The Labute approximate surface area is 113 Å². The van der Waals surface area contributed by atoms with E-state index in [0.29, 0.717) is 0 Å². The zero-order valence-corrected chi connectivity index (χ0v) is 10.3. The fourth-order valence-corrected chi connectivity index (χ4v) is 1.86. The first-order valence-corrected chi connectivity index (χ1v) is 5.70. The molecule has 2 rings (SSSR count). The summed E-state index contributed by atoms with van der Waals surface area (Å²) in [5.74, 6) is -1.02. The second kappa shape index (κ2) is 5.52. The van der Waals surface area contributed by atoms with E-state index in [4.69, 9.17) is 5.73 Å². The summed E-state index contributed by atoms with van der Waals surface area (Å²) in [7, 11) is 0. The average Bonchev–Trinajstić information content (AvgIpc) is 2.68. The maximum Gasteiger partial charge on any atom is 0.404 e. The molecule has 0 spiro atoms. The number of nitrogens with zero attached hydrogens (tertiary/aromatic N) is 1. The Morgan fingerprint density at radius 2 is 1.80 bits per heavy atom. The number of fused-ring (bicyclic) bond motifs is 1. The first kappa shape index (κ1) is 13.7. The molecule has 20 heavy (non-hydrogen) atoms. The minimum atomic E-state index is -1.06. The number of carbonyl (C=O) groups is 3. The number of ether oxygens (including phenoxy) is 1. The van der Waals surface area contributed by atoms with E-state index < -0.39 is 24.5 Å². The van der Waals surface area contributed by atoms with E-state index in [9.17, 15) is 18.8 Å². The molecule has 1 aliphatic rings. The van der Waals surface area contributed by atoms with Gasteiger partial charge < -0.3 is 10.5 Å². The lowest BCUT2D eigenvalue weighted by molar-refractivity contribution is 0.0663. The predicted octanol–water partition coefficient (Wildman–Crippen LogP) is 1.23. The first-order chi connectivity index (χ1) is 9.54. The van der Waals surface area contributed by atoms with Crippen LogP contribution in [-0.2, 0) is 4.74 Å². The molecule has 6 nitrogen and oxygen atoms in total.